The monoisotopic (exact) mass is 324 g/mol. The van der Waals surface area contributed by atoms with Crippen molar-refractivity contribution >= 4 is 0 Å². The second kappa shape index (κ2) is 7.72. The Morgan fingerprint density at radius 1 is 1.08 bits per heavy atom. The van der Waals surface area contributed by atoms with Crippen molar-refractivity contribution in [3.8, 4) is 17.0 Å². The molecule has 0 aliphatic carbocycles. The third-order valence-corrected chi connectivity index (χ3v) is 3.70. The molecule has 0 fully saturated rings. The summed E-state index contributed by atoms with van der Waals surface area (Å²) in [6, 6.07) is 15.5. The molecule has 3 rings (SSSR count). The maximum atomic E-state index is 9.81. The van der Waals surface area contributed by atoms with Gasteiger partial charge in [0.05, 0.1) is 19.3 Å². The second-order valence-electron chi connectivity index (χ2n) is 5.37. The summed E-state index contributed by atoms with van der Waals surface area (Å²) in [5.74, 6) is 0.646. The molecule has 6 heteroatoms. The van der Waals surface area contributed by atoms with Crippen molar-refractivity contribution in [2.45, 2.75) is 19.8 Å². The maximum absolute atomic E-state index is 9.81. The van der Waals surface area contributed by atoms with E-state index in [0.717, 1.165) is 11.1 Å². The van der Waals surface area contributed by atoms with Crippen molar-refractivity contribution in [1.82, 2.24) is 15.0 Å². The molecule has 24 heavy (non-hydrogen) atoms. The Hall–Kier alpha value is -2.70. The van der Waals surface area contributed by atoms with E-state index in [1.165, 1.54) is 0 Å². The fraction of sp³-hybridized carbons (Fsp3) is 0.222. The summed E-state index contributed by atoms with van der Waals surface area (Å²) < 4.78 is 7.58. The van der Waals surface area contributed by atoms with E-state index in [2.05, 4.69) is 10.3 Å². The van der Waals surface area contributed by atoms with Crippen LogP contribution in [0.4, 0.5) is 0 Å². The van der Waals surface area contributed by atoms with E-state index < -0.39 is 0 Å². The van der Waals surface area contributed by atoms with Crippen LogP contribution in [-0.2, 0) is 19.8 Å². The van der Waals surface area contributed by atoms with Gasteiger partial charge in [-0.2, -0.15) is 0 Å². The Bertz CT molecular complexity index is 787. The first-order chi connectivity index (χ1) is 11.8. The highest BCUT2D eigenvalue weighted by Crippen LogP contribution is 2.30. The Labute approximate surface area is 140 Å². The molecule has 0 saturated heterocycles. The fourth-order valence-corrected chi connectivity index (χ4v) is 2.50. The molecule has 1 aromatic heterocycles. The van der Waals surface area contributed by atoms with Gasteiger partial charge in [0.15, 0.2) is 0 Å². The first-order valence-electron chi connectivity index (χ1n) is 7.82. The molecule has 3 N–H and O–H groups in total. The molecular formula is C18H20N4O2. The molecular weight excluding hydrogens is 304 g/mol. The standard InChI is InChI=1S/C18H20N4O2/c19-9-10-22-11-17(20-21-22)15-7-4-8-18(16(15)12-23)24-13-14-5-2-1-3-6-14/h1-8,11,23H,9-10,12-13,19H2. The highest BCUT2D eigenvalue weighted by Gasteiger charge is 2.13. The van der Waals surface area contributed by atoms with Gasteiger partial charge in [0.25, 0.3) is 0 Å². The normalized spacial score (nSPS) is 10.8. The number of aliphatic hydroxyl groups excluding tert-OH is 1. The minimum atomic E-state index is -0.135. The van der Waals surface area contributed by atoms with Crippen LogP contribution in [0.5, 0.6) is 5.75 Å². The van der Waals surface area contributed by atoms with E-state index >= 15 is 0 Å². The van der Waals surface area contributed by atoms with Gasteiger partial charge in [-0.25, -0.2) is 0 Å². The second-order valence-corrected chi connectivity index (χ2v) is 5.37. The van der Waals surface area contributed by atoms with Crippen LogP contribution in [0.1, 0.15) is 11.1 Å². The average Bonchev–Trinajstić information content (AvgIpc) is 3.09. The number of aliphatic hydroxyl groups is 1. The Morgan fingerprint density at radius 2 is 1.92 bits per heavy atom. The molecule has 0 radical (unpaired) electrons. The number of aromatic nitrogens is 3. The lowest BCUT2D eigenvalue weighted by atomic mass is 10.0. The first kappa shape index (κ1) is 16.2. The van der Waals surface area contributed by atoms with Crippen LogP contribution >= 0.6 is 0 Å². The van der Waals surface area contributed by atoms with E-state index in [4.69, 9.17) is 10.5 Å². The molecule has 2 aromatic carbocycles. The number of ether oxygens (including phenoxy) is 1. The zero-order chi connectivity index (χ0) is 16.8. The first-order valence-corrected chi connectivity index (χ1v) is 7.82. The van der Waals surface area contributed by atoms with Crippen molar-refractivity contribution in [2.24, 2.45) is 5.73 Å². The van der Waals surface area contributed by atoms with Gasteiger partial charge in [0.1, 0.15) is 18.1 Å². The van der Waals surface area contributed by atoms with Gasteiger partial charge >= 0.3 is 0 Å². The van der Waals surface area contributed by atoms with E-state index in [-0.39, 0.29) is 6.61 Å². The zero-order valence-corrected chi connectivity index (χ0v) is 13.3. The topological polar surface area (TPSA) is 86.2 Å². The summed E-state index contributed by atoms with van der Waals surface area (Å²) >= 11 is 0. The van der Waals surface area contributed by atoms with Crippen molar-refractivity contribution in [3.05, 3.63) is 65.9 Å². The summed E-state index contributed by atoms with van der Waals surface area (Å²) in [6.07, 6.45) is 1.82. The quantitative estimate of drug-likeness (QED) is 0.694. The van der Waals surface area contributed by atoms with Gasteiger partial charge in [-0.3, -0.25) is 4.68 Å². The molecule has 0 spiro atoms. The SMILES string of the molecule is NCCn1cc(-c2cccc(OCc3ccccc3)c2CO)nn1. The van der Waals surface area contributed by atoms with Crippen LogP contribution in [0.15, 0.2) is 54.7 Å². The predicted molar refractivity (Wildman–Crippen MR) is 91.2 cm³/mol. The molecule has 124 valence electrons. The number of hydrogen-bond acceptors (Lipinski definition) is 5. The van der Waals surface area contributed by atoms with Crippen LogP contribution in [0.25, 0.3) is 11.3 Å². The lowest BCUT2D eigenvalue weighted by molar-refractivity contribution is 0.259. The summed E-state index contributed by atoms with van der Waals surface area (Å²) in [7, 11) is 0. The minimum Gasteiger partial charge on any atom is -0.489 e. The van der Waals surface area contributed by atoms with Crippen molar-refractivity contribution in [2.75, 3.05) is 6.54 Å². The number of rotatable bonds is 7. The molecule has 0 aliphatic heterocycles. The number of hydrogen-bond donors (Lipinski definition) is 2. The van der Waals surface area contributed by atoms with Gasteiger partial charge in [-0.05, 0) is 11.6 Å². The summed E-state index contributed by atoms with van der Waals surface area (Å²) in [4.78, 5) is 0. The molecule has 0 atom stereocenters. The van der Waals surface area contributed by atoms with Crippen molar-refractivity contribution in [3.63, 3.8) is 0 Å². The average molecular weight is 324 g/mol. The minimum absolute atomic E-state index is 0.135. The molecule has 0 bridgehead atoms. The van der Waals surface area contributed by atoms with Crippen LogP contribution in [0.2, 0.25) is 0 Å². The fourth-order valence-electron chi connectivity index (χ4n) is 2.50. The zero-order valence-electron chi connectivity index (χ0n) is 13.3. The smallest absolute Gasteiger partial charge is 0.126 e. The van der Waals surface area contributed by atoms with E-state index in [9.17, 15) is 5.11 Å². The van der Waals surface area contributed by atoms with Crippen molar-refractivity contribution in [1.29, 1.82) is 0 Å². The Balaban J connectivity index is 1.85. The van der Waals surface area contributed by atoms with Gasteiger partial charge in [-0.15, -0.1) is 5.10 Å². The van der Waals surface area contributed by atoms with E-state index in [1.54, 1.807) is 4.68 Å². The van der Waals surface area contributed by atoms with E-state index in [1.807, 2.05) is 54.7 Å². The van der Waals surface area contributed by atoms with Crippen LogP contribution in [0, 0.1) is 0 Å². The van der Waals surface area contributed by atoms with Gasteiger partial charge in [0, 0.05) is 17.7 Å². The molecule has 6 nitrogen and oxygen atoms in total. The molecule has 0 aliphatic rings. The Morgan fingerprint density at radius 3 is 2.67 bits per heavy atom. The third-order valence-electron chi connectivity index (χ3n) is 3.70. The molecule has 0 saturated carbocycles. The maximum Gasteiger partial charge on any atom is 0.126 e. The van der Waals surface area contributed by atoms with Gasteiger partial charge < -0.3 is 15.6 Å². The Kier molecular flexibility index (Phi) is 5.20. The number of benzene rings is 2. The third kappa shape index (κ3) is 3.61. The van der Waals surface area contributed by atoms with Gasteiger partial charge in [0.2, 0.25) is 0 Å². The van der Waals surface area contributed by atoms with Gasteiger partial charge in [-0.1, -0.05) is 47.7 Å². The molecule has 0 amide bonds. The lowest BCUT2D eigenvalue weighted by Crippen LogP contribution is -2.10. The van der Waals surface area contributed by atoms with E-state index in [0.29, 0.717) is 36.7 Å². The van der Waals surface area contributed by atoms with Crippen LogP contribution in [-0.4, -0.2) is 26.6 Å². The lowest BCUT2D eigenvalue weighted by Gasteiger charge is -2.13. The highest BCUT2D eigenvalue weighted by atomic mass is 16.5. The highest BCUT2D eigenvalue weighted by molar-refractivity contribution is 5.66. The predicted octanol–water partition coefficient (Wildman–Crippen LogP) is 1.98. The largest absolute Gasteiger partial charge is 0.489 e. The molecule has 3 aromatic rings. The number of nitrogens with two attached hydrogens (primary N) is 1. The summed E-state index contributed by atoms with van der Waals surface area (Å²) in [6.45, 7) is 1.41. The summed E-state index contributed by atoms with van der Waals surface area (Å²) in [5.41, 5.74) is 8.81. The summed E-state index contributed by atoms with van der Waals surface area (Å²) in [5, 5.41) is 18.0. The van der Waals surface area contributed by atoms with Crippen LogP contribution < -0.4 is 10.5 Å². The number of nitrogens with zero attached hydrogens (tertiary/aromatic N) is 3. The van der Waals surface area contributed by atoms with Crippen molar-refractivity contribution < 1.29 is 9.84 Å². The molecule has 1 heterocycles. The molecule has 0 unspecified atom stereocenters. The van der Waals surface area contributed by atoms with Crippen LogP contribution in [0.3, 0.4) is 0 Å².